The van der Waals surface area contributed by atoms with Crippen LogP contribution in [0, 0.1) is 5.92 Å². The molecule has 21 heavy (non-hydrogen) atoms. The molecule has 1 aliphatic carbocycles. The third-order valence-corrected chi connectivity index (χ3v) is 5.61. The first kappa shape index (κ1) is 16.7. The minimum atomic E-state index is 0.0905. The lowest BCUT2D eigenvalue weighted by atomic mass is 10.0. The summed E-state index contributed by atoms with van der Waals surface area (Å²) in [6, 6.07) is 0.502. The van der Waals surface area contributed by atoms with Crippen LogP contribution in [0.5, 0.6) is 0 Å². The number of nitrogens with zero attached hydrogens (tertiary/aromatic N) is 2. The van der Waals surface area contributed by atoms with Gasteiger partial charge in [0, 0.05) is 19.7 Å². The second-order valence-electron chi connectivity index (χ2n) is 6.04. The van der Waals surface area contributed by atoms with Gasteiger partial charge in [-0.05, 0) is 38.0 Å². The molecule has 1 N–H and O–H groups in total. The summed E-state index contributed by atoms with van der Waals surface area (Å²) < 4.78 is 5.26. The Balaban J connectivity index is 2.23. The van der Waals surface area contributed by atoms with Gasteiger partial charge in [0.25, 0.3) is 0 Å². The second kappa shape index (κ2) is 7.56. The molecule has 0 saturated heterocycles. The van der Waals surface area contributed by atoms with Crippen LogP contribution in [-0.4, -0.2) is 36.4 Å². The van der Waals surface area contributed by atoms with Crippen LogP contribution in [0.4, 0.5) is 5.13 Å². The minimum Gasteiger partial charge on any atom is -0.391 e. The lowest BCUT2D eigenvalue weighted by Crippen LogP contribution is -2.37. The molecule has 5 heteroatoms. The van der Waals surface area contributed by atoms with Crippen molar-refractivity contribution in [2.24, 2.45) is 5.92 Å². The molecule has 2 atom stereocenters. The molecule has 0 radical (unpaired) electrons. The first-order valence-corrected chi connectivity index (χ1v) is 8.80. The predicted octanol–water partition coefficient (Wildman–Crippen LogP) is 3.40. The van der Waals surface area contributed by atoms with Gasteiger partial charge < -0.3 is 14.7 Å². The van der Waals surface area contributed by atoms with Crippen molar-refractivity contribution >= 4 is 16.5 Å². The molecule has 2 rings (SSSR count). The van der Waals surface area contributed by atoms with E-state index in [-0.39, 0.29) is 6.61 Å². The largest absolute Gasteiger partial charge is 0.391 e. The second-order valence-corrected chi connectivity index (χ2v) is 7.10. The summed E-state index contributed by atoms with van der Waals surface area (Å²) in [5.41, 5.74) is 1.07. The van der Waals surface area contributed by atoms with Crippen LogP contribution >= 0.6 is 11.3 Å². The van der Waals surface area contributed by atoms with E-state index in [4.69, 9.17) is 9.72 Å². The average Bonchev–Trinajstić information content (AvgIpc) is 3.26. The molecule has 1 saturated carbocycles. The highest BCUT2D eigenvalue weighted by molar-refractivity contribution is 7.15. The van der Waals surface area contributed by atoms with Crippen molar-refractivity contribution < 1.29 is 9.84 Å². The van der Waals surface area contributed by atoms with E-state index < -0.39 is 0 Å². The van der Waals surface area contributed by atoms with Gasteiger partial charge in [0.05, 0.1) is 23.8 Å². The number of aliphatic hydroxyl groups excluding tert-OH is 1. The monoisotopic (exact) mass is 312 g/mol. The molecule has 1 aromatic heterocycles. The zero-order valence-corrected chi connectivity index (χ0v) is 14.4. The Kier molecular flexibility index (Phi) is 6.02. The fourth-order valence-electron chi connectivity index (χ4n) is 2.66. The molecular weight excluding hydrogens is 284 g/mol. The molecule has 1 heterocycles. The highest BCUT2D eigenvalue weighted by atomic mass is 32.1. The van der Waals surface area contributed by atoms with Gasteiger partial charge in [0.15, 0.2) is 5.13 Å². The molecule has 0 spiro atoms. The van der Waals surface area contributed by atoms with Crippen molar-refractivity contribution in [3.05, 3.63) is 10.6 Å². The van der Waals surface area contributed by atoms with Gasteiger partial charge in [-0.1, -0.05) is 25.2 Å². The van der Waals surface area contributed by atoms with E-state index in [0.717, 1.165) is 34.6 Å². The predicted molar refractivity (Wildman–Crippen MR) is 88.2 cm³/mol. The van der Waals surface area contributed by atoms with Crippen molar-refractivity contribution in [1.29, 1.82) is 0 Å². The summed E-state index contributed by atoms with van der Waals surface area (Å²) in [5.74, 6) is 1.19. The molecule has 1 aromatic rings. The molecule has 4 nitrogen and oxygen atoms in total. The topological polar surface area (TPSA) is 45.6 Å². The summed E-state index contributed by atoms with van der Waals surface area (Å²) in [5, 5.41) is 10.7. The van der Waals surface area contributed by atoms with Crippen LogP contribution in [0.15, 0.2) is 0 Å². The number of aliphatic hydroxyl groups is 1. The molecule has 0 aliphatic heterocycles. The van der Waals surface area contributed by atoms with Crippen LogP contribution in [0.3, 0.4) is 0 Å². The van der Waals surface area contributed by atoms with E-state index in [1.807, 2.05) is 0 Å². The Bertz CT molecular complexity index is 445. The fraction of sp³-hybridized carbons (Fsp3) is 0.812. The molecule has 2 unspecified atom stereocenters. The van der Waals surface area contributed by atoms with Crippen molar-refractivity contribution in [3.63, 3.8) is 0 Å². The molecule has 0 aromatic carbocycles. The van der Waals surface area contributed by atoms with Gasteiger partial charge in [-0.3, -0.25) is 0 Å². The average molecular weight is 312 g/mol. The van der Waals surface area contributed by atoms with E-state index in [2.05, 4.69) is 25.7 Å². The number of hydrogen-bond donors (Lipinski definition) is 1. The fourth-order valence-corrected chi connectivity index (χ4v) is 3.82. The smallest absolute Gasteiger partial charge is 0.186 e. The van der Waals surface area contributed by atoms with Gasteiger partial charge in [0.2, 0.25) is 0 Å². The first-order chi connectivity index (χ1) is 10.1. The summed E-state index contributed by atoms with van der Waals surface area (Å²) in [6.07, 6.45) is 3.69. The maximum Gasteiger partial charge on any atom is 0.186 e. The van der Waals surface area contributed by atoms with Crippen LogP contribution < -0.4 is 4.90 Å². The third-order valence-electron chi connectivity index (χ3n) is 4.52. The molecule has 0 amide bonds. The standard InChI is InChI=1S/C16H28N2O2S/c1-5-11(2)15-14(10-19)21-16(17-15)18(8-9-20-4)12(3)13-6-7-13/h11-13,19H,5-10H2,1-4H3. The van der Waals surface area contributed by atoms with Crippen LogP contribution in [0.25, 0.3) is 0 Å². The highest BCUT2D eigenvalue weighted by Gasteiger charge is 2.33. The van der Waals surface area contributed by atoms with Crippen molar-refractivity contribution in [2.75, 3.05) is 25.2 Å². The number of aromatic nitrogens is 1. The van der Waals surface area contributed by atoms with E-state index in [0.29, 0.717) is 18.6 Å². The zero-order valence-electron chi connectivity index (χ0n) is 13.6. The van der Waals surface area contributed by atoms with E-state index >= 15 is 0 Å². The number of anilines is 1. The quantitative estimate of drug-likeness (QED) is 0.759. The van der Waals surface area contributed by atoms with Gasteiger partial charge in [-0.2, -0.15) is 0 Å². The SMILES string of the molecule is CCC(C)c1nc(N(CCOC)C(C)C2CC2)sc1CO. The van der Waals surface area contributed by atoms with Crippen molar-refractivity contribution in [3.8, 4) is 0 Å². The third kappa shape index (κ3) is 3.96. The first-order valence-electron chi connectivity index (χ1n) is 7.98. The molecule has 0 bridgehead atoms. The summed E-state index contributed by atoms with van der Waals surface area (Å²) in [4.78, 5) is 8.26. The van der Waals surface area contributed by atoms with Gasteiger partial charge >= 0.3 is 0 Å². The van der Waals surface area contributed by atoms with Gasteiger partial charge in [-0.15, -0.1) is 0 Å². The Labute approximate surface area is 132 Å². The number of methoxy groups -OCH3 is 1. The number of hydrogen-bond acceptors (Lipinski definition) is 5. The van der Waals surface area contributed by atoms with Crippen molar-refractivity contribution in [1.82, 2.24) is 4.98 Å². The Morgan fingerprint density at radius 1 is 1.43 bits per heavy atom. The van der Waals surface area contributed by atoms with Crippen LogP contribution in [-0.2, 0) is 11.3 Å². The highest BCUT2D eigenvalue weighted by Crippen LogP contribution is 2.39. The molecular formula is C16H28N2O2S. The maximum atomic E-state index is 9.62. The maximum absolute atomic E-state index is 9.62. The van der Waals surface area contributed by atoms with Gasteiger partial charge in [-0.25, -0.2) is 4.98 Å². The molecule has 1 fully saturated rings. The van der Waals surface area contributed by atoms with Crippen molar-refractivity contribution in [2.45, 2.75) is 58.6 Å². The Morgan fingerprint density at radius 2 is 2.14 bits per heavy atom. The molecule has 120 valence electrons. The summed E-state index contributed by atoms with van der Waals surface area (Å²) >= 11 is 1.64. The zero-order chi connectivity index (χ0) is 15.4. The number of rotatable bonds is 9. The van der Waals surface area contributed by atoms with Gasteiger partial charge in [0.1, 0.15) is 0 Å². The van der Waals surface area contributed by atoms with E-state index in [1.165, 1.54) is 12.8 Å². The lowest BCUT2D eigenvalue weighted by molar-refractivity contribution is 0.202. The number of thiazole rings is 1. The van der Waals surface area contributed by atoms with E-state index in [9.17, 15) is 5.11 Å². The summed E-state index contributed by atoms with van der Waals surface area (Å²) in [6.45, 7) is 8.31. The number of ether oxygens (including phenoxy) is 1. The van der Waals surface area contributed by atoms with Crippen LogP contribution in [0.2, 0.25) is 0 Å². The summed E-state index contributed by atoms with van der Waals surface area (Å²) in [7, 11) is 1.74. The Hall–Kier alpha value is -0.650. The van der Waals surface area contributed by atoms with E-state index in [1.54, 1.807) is 18.4 Å². The minimum absolute atomic E-state index is 0.0905. The normalized spacial score (nSPS) is 17.8. The lowest BCUT2D eigenvalue weighted by Gasteiger charge is -2.28. The Morgan fingerprint density at radius 3 is 2.67 bits per heavy atom. The van der Waals surface area contributed by atoms with Crippen LogP contribution in [0.1, 0.15) is 56.5 Å². The molecule has 1 aliphatic rings.